The molecular formula is C14H26N2O9. The molecule has 6 N–H and O–H groups in total. The van der Waals surface area contributed by atoms with E-state index >= 15 is 0 Å². The number of amides is 2. The second kappa shape index (κ2) is 9.27. The van der Waals surface area contributed by atoms with Gasteiger partial charge in [0.2, 0.25) is 5.91 Å². The number of hydrogen-bond donors (Lipinski definition) is 6. The summed E-state index contributed by atoms with van der Waals surface area (Å²) in [6.45, 7) is 2.03. The normalized spacial score (nSPS) is 31.9. The lowest BCUT2D eigenvalue weighted by Gasteiger charge is -2.45. The number of carbonyl (C=O) groups is 2. The van der Waals surface area contributed by atoms with Gasteiger partial charge in [-0.2, -0.15) is 0 Å². The number of nitrogens with zero attached hydrogens (tertiary/aromatic N) is 1. The van der Waals surface area contributed by atoms with E-state index in [1.165, 1.54) is 6.92 Å². The Labute approximate surface area is 144 Å². The zero-order chi connectivity index (χ0) is 19.3. The molecule has 1 aliphatic heterocycles. The van der Waals surface area contributed by atoms with Gasteiger partial charge in [-0.3, -0.25) is 4.79 Å². The molecule has 1 rings (SSSR count). The third-order valence-corrected chi connectivity index (χ3v) is 3.98. The molecule has 0 aromatic rings. The first-order valence-corrected chi connectivity index (χ1v) is 7.78. The van der Waals surface area contributed by atoms with Gasteiger partial charge in [0, 0.05) is 13.1 Å². The standard InChI is InChI=1S/C14H26N2O9/c1-6(4-17)15-12(20)7(2)24-11-9(16(3)14(22)23)13(21)25-8(5-18)10(11)19/h6-11,13,17-19,21H,4-5H2,1-3H3,(H,15,20)(H,22,23)/t6-,7-,8-,9-,10-,11-,13-/m1/s1. The van der Waals surface area contributed by atoms with Crippen molar-refractivity contribution in [2.75, 3.05) is 20.3 Å². The van der Waals surface area contributed by atoms with Gasteiger partial charge in [0.1, 0.15) is 30.5 Å². The fourth-order valence-corrected chi connectivity index (χ4v) is 2.47. The number of carboxylic acid groups (broad SMARTS) is 1. The minimum absolute atomic E-state index is 0.284. The molecule has 0 unspecified atom stereocenters. The largest absolute Gasteiger partial charge is 0.465 e. The van der Waals surface area contributed by atoms with Crippen molar-refractivity contribution in [3.8, 4) is 0 Å². The van der Waals surface area contributed by atoms with E-state index in [2.05, 4.69) is 5.32 Å². The lowest BCUT2D eigenvalue weighted by Crippen LogP contribution is -2.66. The average molecular weight is 366 g/mol. The molecule has 25 heavy (non-hydrogen) atoms. The van der Waals surface area contributed by atoms with Crippen molar-refractivity contribution < 1.29 is 44.6 Å². The Bertz CT molecular complexity index is 464. The van der Waals surface area contributed by atoms with Crippen LogP contribution in [0.1, 0.15) is 13.8 Å². The van der Waals surface area contributed by atoms with Gasteiger partial charge in [-0.25, -0.2) is 4.79 Å². The van der Waals surface area contributed by atoms with E-state index in [0.717, 1.165) is 7.05 Å². The van der Waals surface area contributed by atoms with Crippen LogP contribution in [0.25, 0.3) is 0 Å². The number of nitrogens with one attached hydrogen (secondary N) is 1. The van der Waals surface area contributed by atoms with Crippen LogP contribution in [0.3, 0.4) is 0 Å². The van der Waals surface area contributed by atoms with E-state index in [9.17, 15) is 24.9 Å². The third kappa shape index (κ3) is 5.23. The van der Waals surface area contributed by atoms with Crippen LogP contribution in [0.15, 0.2) is 0 Å². The highest BCUT2D eigenvalue weighted by atomic mass is 16.6. The Morgan fingerprint density at radius 1 is 1.28 bits per heavy atom. The Morgan fingerprint density at radius 2 is 1.88 bits per heavy atom. The second-order valence-electron chi connectivity index (χ2n) is 5.96. The SMILES string of the molecule is C[C@H](CO)NC(=O)[C@@H](C)O[C@H]1[C@H](O)[C@@H](CO)O[C@@H](O)[C@@H]1N(C)C(=O)O. The number of carbonyl (C=O) groups excluding carboxylic acids is 1. The van der Waals surface area contributed by atoms with E-state index in [4.69, 9.17) is 19.7 Å². The van der Waals surface area contributed by atoms with Crippen LogP contribution in [0.5, 0.6) is 0 Å². The minimum atomic E-state index is -1.67. The molecule has 11 heteroatoms. The topological polar surface area (TPSA) is 169 Å². The molecule has 7 atom stereocenters. The van der Waals surface area contributed by atoms with Crippen LogP contribution in [0.4, 0.5) is 4.79 Å². The van der Waals surface area contributed by atoms with E-state index in [0.29, 0.717) is 4.90 Å². The van der Waals surface area contributed by atoms with E-state index < -0.39 is 61.4 Å². The first-order chi connectivity index (χ1) is 11.6. The molecule has 0 radical (unpaired) electrons. The molecular weight excluding hydrogens is 340 g/mol. The summed E-state index contributed by atoms with van der Waals surface area (Å²) in [5.41, 5.74) is 0. The summed E-state index contributed by atoms with van der Waals surface area (Å²) >= 11 is 0. The fraction of sp³-hybridized carbons (Fsp3) is 0.857. The van der Waals surface area contributed by atoms with Gasteiger partial charge >= 0.3 is 6.09 Å². The maximum atomic E-state index is 12.0. The summed E-state index contributed by atoms with van der Waals surface area (Å²) < 4.78 is 10.5. The first kappa shape index (κ1) is 21.5. The molecule has 1 fully saturated rings. The summed E-state index contributed by atoms with van der Waals surface area (Å²) in [6, 6.07) is -1.84. The summed E-state index contributed by atoms with van der Waals surface area (Å²) in [5.74, 6) is -0.591. The Balaban J connectivity index is 2.97. The van der Waals surface area contributed by atoms with Crippen LogP contribution in [0.2, 0.25) is 0 Å². The number of aliphatic hydroxyl groups excluding tert-OH is 4. The minimum Gasteiger partial charge on any atom is -0.465 e. The van der Waals surface area contributed by atoms with Crippen LogP contribution in [-0.4, -0.2) is 105 Å². The number of ether oxygens (including phenoxy) is 2. The van der Waals surface area contributed by atoms with Crippen molar-refractivity contribution in [3.63, 3.8) is 0 Å². The zero-order valence-corrected chi connectivity index (χ0v) is 14.3. The van der Waals surface area contributed by atoms with Crippen LogP contribution in [0, 0.1) is 0 Å². The zero-order valence-electron chi connectivity index (χ0n) is 14.3. The van der Waals surface area contributed by atoms with Crippen LogP contribution in [-0.2, 0) is 14.3 Å². The Hall–Kier alpha value is -1.50. The van der Waals surface area contributed by atoms with Crippen LogP contribution >= 0.6 is 0 Å². The van der Waals surface area contributed by atoms with Crippen molar-refractivity contribution in [2.24, 2.45) is 0 Å². The quantitative estimate of drug-likeness (QED) is 0.281. The number of rotatable bonds is 7. The lowest BCUT2D eigenvalue weighted by atomic mass is 9.95. The molecule has 1 aliphatic rings. The highest BCUT2D eigenvalue weighted by Crippen LogP contribution is 2.26. The van der Waals surface area contributed by atoms with E-state index in [1.54, 1.807) is 6.92 Å². The molecule has 11 nitrogen and oxygen atoms in total. The summed E-state index contributed by atoms with van der Waals surface area (Å²) in [7, 11) is 1.15. The number of aliphatic hydroxyl groups is 4. The maximum absolute atomic E-state index is 12.0. The van der Waals surface area contributed by atoms with E-state index in [1.807, 2.05) is 0 Å². The van der Waals surface area contributed by atoms with E-state index in [-0.39, 0.29) is 6.61 Å². The van der Waals surface area contributed by atoms with Crippen molar-refractivity contribution >= 4 is 12.0 Å². The molecule has 0 aliphatic carbocycles. The summed E-state index contributed by atoms with van der Waals surface area (Å²) in [6.07, 6.45) is -8.20. The van der Waals surface area contributed by atoms with Crippen molar-refractivity contribution in [1.82, 2.24) is 10.2 Å². The number of likely N-dealkylation sites (N-methyl/N-ethyl adjacent to an activating group) is 1. The van der Waals surface area contributed by atoms with Gasteiger partial charge in [-0.15, -0.1) is 0 Å². The first-order valence-electron chi connectivity index (χ1n) is 7.78. The van der Waals surface area contributed by atoms with Crippen LogP contribution < -0.4 is 5.32 Å². The smallest absolute Gasteiger partial charge is 0.407 e. The predicted molar refractivity (Wildman–Crippen MR) is 82.6 cm³/mol. The summed E-state index contributed by atoms with van der Waals surface area (Å²) in [5, 5.41) is 50.1. The Kier molecular flexibility index (Phi) is 7.99. The van der Waals surface area contributed by atoms with Gasteiger partial charge in [0.25, 0.3) is 0 Å². The summed E-state index contributed by atoms with van der Waals surface area (Å²) in [4.78, 5) is 24.0. The van der Waals surface area contributed by atoms with Crippen molar-refractivity contribution in [1.29, 1.82) is 0 Å². The molecule has 0 aromatic carbocycles. The Morgan fingerprint density at radius 3 is 2.36 bits per heavy atom. The van der Waals surface area contributed by atoms with Gasteiger partial charge in [0.05, 0.1) is 13.2 Å². The van der Waals surface area contributed by atoms with Crippen molar-refractivity contribution in [3.05, 3.63) is 0 Å². The highest BCUT2D eigenvalue weighted by molar-refractivity contribution is 5.80. The highest BCUT2D eigenvalue weighted by Gasteiger charge is 2.49. The molecule has 2 amide bonds. The molecule has 0 aromatic heterocycles. The molecule has 1 saturated heterocycles. The molecule has 146 valence electrons. The van der Waals surface area contributed by atoms with Gasteiger partial charge in [0.15, 0.2) is 6.29 Å². The monoisotopic (exact) mass is 366 g/mol. The fourth-order valence-electron chi connectivity index (χ4n) is 2.47. The molecule has 0 saturated carbocycles. The number of hydrogen-bond acceptors (Lipinski definition) is 8. The molecule has 1 heterocycles. The van der Waals surface area contributed by atoms with Gasteiger partial charge in [-0.1, -0.05) is 0 Å². The second-order valence-corrected chi connectivity index (χ2v) is 5.96. The van der Waals surface area contributed by atoms with Crippen molar-refractivity contribution in [2.45, 2.75) is 56.6 Å². The van der Waals surface area contributed by atoms with Gasteiger partial charge < -0.3 is 45.2 Å². The van der Waals surface area contributed by atoms with Gasteiger partial charge in [-0.05, 0) is 13.8 Å². The molecule has 0 spiro atoms. The molecule has 0 bridgehead atoms. The average Bonchev–Trinajstić information content (AvgIpc) is 2.56. The lowest BCUT2D eigenvalue weighted by molar-refractivity contribution is -0.279. The maximum Gasteiger partial charge on any atom is 0.407 e. The predicted octanol–water partition coefficient (Wildman–Crippen LogP) is -2.69. The third-order valence-electron chi connectivity index (χ3n) is 3.98.